The summed E-state index contributed by atoms with van der Waals surface area (Å²) < 4.78 is 0. The first-order valence-corrected chi connectivity index (χ1v) is 5.29. The minimum absolute atomic E-state index is 0.0678. The van der Waals surface area contributed by atoms with Crippen molar-refractivity contribution in [3.63, 3.8) is 0 Å². The van der Waals surface area contributed by atoms with Gasteiger partial charge in [-0.3, -0.25) is 0 Å². The van der Waals surface area contributed by atoms with Crippen LogP contribution in [0.5, 0.6) is 0 Å². The number of hydrogen-bond donors (Lipinski definition) is 1. The number of hydrogen-bond acceptors (Lipinski definition) is 1. The number of aryl methyl sites for hydroxylation is 2. The van der Waals surface area contributed by atoms with Gasteiger partial charge in [-0.1, -0.05) is 25.1 Å². The molecule has 0 aliphatic rings. The molecule has 1 rings (SSSR count). The SMILES string of the molecule is CCC(C)(N)Cc1ccc(C)c(C)c1. The molecule has 0 heterocycles. The zero-order valence-corrected chi connectivity index (χ0v) is 9.72. The second-order valence-electron chi connectivity index (χ2n) is 4.60. The summed E-state index contributed by atoms with van der Waals surface area (Å²) in [7, 11) is 0. The van der Waals surface area contributed by atoms with Gasteiger partial charge >= 0.3 is 0 Å². The Morgan fingerprint density at radius 3 is 2.36 bits per heavy atom. The number of benzene rings is 1. The Morgan fingerprint density at radius 2 is 1.86 bits per heavy atom. The standard InChI is InChI=1S/C13H21N/c1-5-13(4,14)9-12-7-6-10(2)11(3)8-12/h6-8H,5,9,14H2,1-4H3. The third-order valence-corrected chi connectivity index (χ3v) is 2.99. The van der Waals surface area contributed by atoms with Crippen molar-refractivity contribution in [2.75, 3.05) is 0 Å². The Labute approximate surface area is 87.3 Å². The highest BCUT2D eigenvalue weighted by atomic mass is 14.7. The first kappa shape index (κ1) is 11.3. The fourth-order valence-electron chi connectivity index (χ4n) is 1.50. The van der Waals surface area contributed by atoms with E-state index in [9.17, 15) is 0 Å². The zero-order valence-electron chi connectivity index (χ0n) is 9.72. The molecule has 0 saturated heterocycles. The van der Waals surface area contributed by atoms with E-state index < -0.39 is 0 Å². The van der Waals surface area contributed by atoms with Crippen molar-refractivity contribution >= 4 is 0 Å². The molecule has 0 spiro atoms. The van der Waals surface area contributed by atoms with E-state index in [4.69, 9.17) is 5.73 Å². The van der Waals surface area contributed by atoms with Crippen molar-refractivity contribution in [3.8, 4) is 0 Å². The van der Waals surface area contributed by atoms with Crippen LogP contribution >= 0.6 is 0 Å². The highest BCUT2D eigenvalue weighted by molar-refractivity contribution is 5.30. The van der Waals surface area contributed by atoms with Gasteiger partial charge in [0.25, 0.3) is 0 Å². The highest BCUT2D eigenvalue weighted by Gasteiger charge is 2.16. The minimum Gasteiger partial charge on any atom is -0.325 e. The summed E-state index contributed by atoms with van der Waals surface area (Å²) in [6.45, 7) is 8.54. The lowest BCUT2D eigenvalue weighted by Crippen LogP contribution is -2.37. The normalized spacial score (nSPS) is 15.2. The van der Waals surface area contributed by atoms with Crippen LogP contribution in [0, 0.1) is 13.8 Å². The second-order valence-corrected chi connectivity index (χ2v) is 4.60. The predicted molar refractivity (Wildman–Crippen MR) is 62.5 cm³/mol. The van der Waals surface area contributed by atoms with Crippen LogP contribution in [0.15, 0.2) is 18.2 Å². The Kier molecular flexibility index (Phi) is 3.33. The fourth-order valence-corrected chi connectivity index (χ4v) is 1.50. The molecule has 0 amide bonds. The summed E-state index contributed by atoms with van der Waals surface area (Å²) in [6, 6.07) is 6.61. The van der Waals surface area contributed by atoms with Gasteiger partial charge in [-0.25, -0.2) is 0 Å². The van der Waals surface area contributed by atoms with Crippen molar-refractivity contribution in [1.29, 1.82) is 0 Å². The van der Waals surface area contributed by atoms with Crippen molar-refractivity contribution < 1.29 is 0 Å². The summed E-state index contributed by atoms with van der Waals surface area (Å²) in [6.07, 6.45) is 1.98. The van der Waals surface area contributed by atoms with E-state index in [1.165, 1.54) is 16.7 Å². The molecule has 78 valence electrons. The first-order valence-electron chi connectivity index (χ1n) is 5.29. The second kappa shape index (κ2) is 4.14. The summed E-state index contributed by atoms with van der Waals surface area (Å²) in [5.74, 6) is 0. The minimum atomic E-state index is -0.0678. The Hall–Kier alpha value is -0.820. The van der Waals surface area contributed by atoms with E-state index in [-0.39, 0.29) is 5.54 Å². The number of rotatable bonds is 3. The van der Waals surface area contributed by atoms with Crippen LogP contribution in [-0.2, 0) is 6.42 Å². The molecule has 1 heteroatoms. The molecule has 14 heavy (non-hydrogen) atoms. The summed E-state index contributed by atoms with van der Waals surface area (Å²) in [5.41, 5.74) is 10.1. The van der Waals surface area contributed by atoms with Crippen LogP contribution in [0.25, 0.3) is 0 Å². The van der Waals surface area contributed by atoms with Gasteiger partial charge < -0.3 is 5.73 Å². The van der Waals surface area contributed by atoms with Gasteiger partial charge in [0.05, 0.1) is 0 Å². The van der Waals surface area contributed by atoms with Crippen LogP contribution in [0.4, 0.5) is 0 Å². The molecule has 0 aromatic heterocycles. The van der Waals surface area contributed by atoms with Crippen LogP contribution in [0.1, 0.15) is 37.0 Å². The van der Waals surface area contributed by atoms with Gasteiger partial charge in [-0.05, 0) is 50.3 Å². The monoisotopic (exact) mass is 191 g/mol. The lowest BCUT2D eigenvalue weighted by molar-refractivity contribution is 0.450. The van der Waals surface area contributed by atoms with E-state index in [1.54, 1.807) is 0 Å². The average molecular weight is 191 g/mol. The molecule has 2 N–H and O–H groups in total. The van der Waals surface area contributed by atoms with Crippen molar-refractivity contribution in [1.82, 2.24) is 0 Å². The van der Waals surface area contributed by atoms with Gasteiger partial charge in [-0.15, -0.1) is 0 Å². The fraction of sp³-hybridized carbons (Fsp3) is 0.538. The van der Waals surface area contributed by atoms with Crippen molar-refractivity contribution in [2.24, 2.45) is 5.73 Å². The van der Waals surface area contributed by atoms with Crippen LogP contribution in [-0.4, -0.2) is 5.54 Å². The Balaban J connectivity index is 2.83. The molecular formula is C13H21N. The molecule has 1 aromatic carbocycles. The molecule has 1 unspecified atom stereocenters. The molecule has 0 fully saturated rings. The largest absolute Gasteiger partial charge is 0.325 e. The van der Waals surface area contributed by atoms with Gasteiger partial charge in [0.15, 0.2) is 0 Å². The Bertz CT molecular complexity index is 313. The number of nitrogens with two attached hydrogens (primary N) is 1. The topological polar surface area (TPSA) is 26.0 Å². The van der Waals surface area contributed by atoms with Gasteiger partial charge in [-0.2, -0.15) is 0 Å². The average Bonchev–Trinajstić information content (AvgIpc) is 2.11. The maximum absolute atomic E-state index is 6.14. The van der Waals surface area contributed by atoms with E-state index in [0.717, 1.165) is 12.8 Å². The molecule has 0 saturated carbocycles. The van der Waals surface area contributed by atoms with E-state index in [1.807, 2.05) is 0 Å². The molecule has 0 aliphatic heterocycles. The molecule has 0 bridgehead atoms. The third kappa shape index (κ3) is 2.85. The van der Waals surface area contributed by atoms with Gasteiger partial charge in [0.1, 0.15) is 0 Å². The smallest absolute Gasteiger partial charge is 0.0163 e. The Morgan fingerprint density at radius 1 is 1.21 bits per heavy atom. The lowest BCUT2D eigenvalue weighted by atomic mass is 9.90. The van der Waals surface area contributed by atoms with Crippen molar-refractivity contribution in [2.45, 2.75) is 46.1 Å². The zero-order chi connectivity index (χ0) is 10.8. The molecule has 0 radical (unpaired) electrons. The van der Waals surface area contributed by atoms with Crippen LogP contribution in [0.2, 0.25) is 0 Å². The van der Waals surface area contributed by atoms with E-state index >= 15 is 0 Å². The van der Waals surface area contributed by atoms with Crippen molar-refractivity contribution in [3.05, 3.63) is 34.9 Å². The molecular weight excluding hydrogens is 170 g/mol. The highest BCUT2D eigenvalue weighted by Crippen LogP contribution is 2.16. The first-order chi connectivity index (χ1) is 6.44. The van der Waals surface area contributed by atoms with Crippen LogP contribution in [0.3, 0.4) is 0 Å². The van der Waals surface area contributed by atoms with Crippen LogP contribution < -0.4 is 5.73 Å². The summed E-state index contributed by atoms with van der Waals surface area (Å²) in [4.78, 5) is 0. The lowest BCUT2D eigenvalue weighted by Gasteiger charge is -2.23. The van der Waals surface area contributed by atoms with E-state index in [0.29, 0.717) is 0 Å². The van der Waals surface area contributed by atoms with Gasteiger partial charge in [0, 0.05) is 5.54 Å². The summed E-state index contributed by atoms with van der Waals surface area (Å²) in [5, 5.41) is 0. The van der Waals surface area contributed by atoms with E-state index in [2.05, 4.69) is 45.9 Å². The maximum Gasteiger partial charge on any atom is 0.0163 e. The predicted octanol–water partition coefficient (Wildman–Crippen LogP) is 2.97. The third-order valence-electron chi connectivity index (χ3n) is 2.99. The summed E-state index contributed by atoms with van der Waals surface area (Å²) >= 11 is 0. The molecule has 0 aliphatic carbocycles. The molecule has 1 nitrogen and oxygen atoms in total. The molecule has 1 atom stereocenters. The van der Waals surface area contributed by atoms with Gasteiger partial charge in [0.2, 0.25) is 0 Å². The molecule has 1 aromatic rings. The quantitative estimate of drug-likeness (QED) is 0.781. The maximum atomic E-state index is 6.14.